The third kappa shape index (κ3) is 2.20. The van der Waals surface area contributed by atoms with E-state index in [4.69, 9.17) is 16.7 Å². The van der Waals surface area contributed by atoms with Gasteiger partial charge in [0.15, 0.2) is 11.7 Å². The molecule has 0 atom stereocenters. The molecule has 0 spiro atoms. The number of fused-ring (bicyclic) bond motifs is 3. The van der Waals surface area contributed by atoms with E-state index in [1.807, 2.05) is 4.90 Å². The van der Waals surface area contributed by atoms with Gasteiger partial charge in [0, 0.05) is 26.2 Å². The number of rotatable bonds is 1. The van der Waals surface area contributed by atoms with E-state index in [2.05, 4.69) is 15.0 Å². The molecule has 0 bridgehead atoms. The van der Waals surface area contributed by atoms with E-state index in [1.54, 1.807) is 17.2 Å². The number of nitrogens with zero attached hydrogens (tertiary/aromatic N) is 6. The number of amides is 2. The Balaban J connectivity index is 1.66. The third-order valence-corrected chi connectivity index (χ3v) is 4.54. The maximum atomic E-state index is 11.8. The molecule has 1 saturated heterocycles. The summed E-state index contributed by atoms with van der Waals surface area (Å²) in [5.74, 6) is 0.789. The Bertz CT molecular complexity index is 817. The lowest BCUT2D eigenvalue weighted by Gasteiger charge is -2.45. The van der Waals surface area contributed by atoms with E-state index >= 15 is 0 Å². The van der Waals surface area contributed by atoms with E-state index in [9.17, 15) is 9.59 Å². The van der Waals surface area contributed by atoms with Crippen molar-refractivity contribution in [1.82, 2.24) is 14.8 Å². The van der Waals surface area contributed by atoms with E-state index in [1.165, 1.54) is 11.9 Å². The van der Waals surface area contributed by atoms with Crippen molar-refractivity contribution in [3.05, 3.63) is 17.4 Å². The first-order valence-electron chi connectivity index (χ1n) is 7.28. The van der Waals surface area contributed by atoms with Crippen LogP contribution in [0.4, 0.5) is 16.2 Å². The number of amidine groups is 2. The van der Waals surface area contributed by atoms with Gasteiger partial charge in [-0.2, -0.15) is 4.99 Å². The number of pyridine rings is 1. The second-order valence-electron chi connectivity index (χ2n) is 5.80. The molecule has 1 aromatic rings. The number of likely N-dealkylation sites (N-methyl/N-ethyl adjacent to an activating group) is 1. The first-order valence-corrected chi connectivity index (χ1v) is 7.66. The molecule has 124 valence electrons. The minimum atomic E-state index is -0.968. The molecular weight excluding hydrogens is 336 g/mol. The molecule has 0 aliphatic carbocycles. The summed E-state index contributed by atoms with van der Waals surface area (Å²) in [5, 5.41) is 9.35. The van der Waals surface area contributed by atoms with Gasteiger partial charge in [-0.1, -0.05) is 11.6 Å². The highest BCUT2D eigenvalue weighted by Crippen LogP contribution is 2.36. The molecule has 4 rings (SSSR count). The molecular formula is C14H13ClN6O3. The van der Waals surface area contributed by atoms with Gasteiger partial charge in [-0.15, -0.1) is 0 Å². The van der Waals surface area contributed by atoms with E-state index in [0.717, 1.165) is 0 Å². The summed E-state index contributed by atoms with van der Waals surface area (Å²) in [6.07, 6.45) is 0.585. The van der Waals surface area contributed by atoms with E-state index < -0.39 is 6.09 Å². The fourth-order valence-electron chi connectivity index (χ4n) is 2.91. The quantitative estimate of drug-likeness (QED) is 0.754. The molecule has 0 aromatic carbocycles. The second-order valence-corrected chi connectivity index (χ2v) is 6.19. The van der Waals surface area contributed by atoms with Gasteiger partial charge >= 0.3 is 6.09 Å². The number of aliphatic imine (C=N–C) groups is 2. The van der Waals surface area contributed by atoms with Crippen LogP contribution in [0.2, 0.25) is 5.15 Å². The highest BCUT2D eigenvalue weighted by Gasteiger charge is 2.41. The number of hydrogen-bond acceptors (Lipinski definition) is 6. The molecule has 0 saturated carbocycles. The summed E-state index contributed by atoms with van der Waals surface area (Å²) in [5.41, 5.74) is 1.31. The van der Waals surface area contributed by atoms with E-state index in [-0.39, 0.29) is 18.5 Å². The summed E-state index contributed by atoms with van der Waals surface area (Å²) in [4.78, 5) is 40.4. The minimum absolute atomic E-state index is 0.110. The zero-order valence-electron chi connectivity index (χ0n) is 12.7. The topological polar surface area (TPSA) is 102 Å². The number of hydrogen-bond donors (Lipinski definition) is 1. The Labute approximate surface area is 141 Å². The second kappa shape index (κ2) is 5.17. The summed E-state index contributed by atoms with van der Waals surface area (Å²) in [7, 11) is 1.54. The Kier molecular flexibility index (Phi) is 3.20. The number of likely N-dealkylation sites (tertiary alicyclic amines) is 1. The first-order chi connectivity index (χ1) is 11.4. The zero-order chi connectivity index (χ0) is 17.0. The highest BCUT2D eigenvalue weighted by atomic mass is 35.5. The van der Waals surface area contributed by atoms with Crippen molar-refractivity contribution in [3.8, 4) is 0 Å². The number of carbonyl (C=O) groups excluding carboxylic acids is 1. The lowest BCUT2D eigenvalue weighted by molar-refractivity contribution is -0.115. The zero-order valence-corrected chi connectivity index (χ0v) is 13.4. The van der Waals surface area contributed by atoms with Gasteiger partial charge < -0.3 is 19.8 Å². The molecule has 1 aromatic heterocycles. The van der Waals surface area contributed by atoms with Crippen molar-refractivity contribution >= 4 is 46.6 Å². The van der Waals surface area contributed by atoms with Crippen LogP contribution >= 0.6 is 11.6 Å². The molecule has 4 heterocycles. The van der Waals surface area contributed by atoms with Crippen LogP contribution in [0.3, 0.4) is 0 Å². The van der Waals surface area contributed by atoms with Crippen molar-refractivity contribution in [2.45, 2.75) is 6.04 Å². The lowest BCUT2D eigenvalue weighted by Crippen LogP contribution is -2.63. The SMILES string of the molecule is CN(C(=O)O)C1CN(C2=Nc3cnc(Cl)cc3N3CC(=O)N=C23)C1. The summed E-state index contributed by atoms with van der Waals surface area (Å²) < 4.78 is 0. The van der Waals surface area contributed by atoms with Crippen LogP contribution in [0.25, 0.3) is 0 Å². The number of aromatic nitrogens is 1. The van der Waals surface area contributed by atoms with Crippen molar-refractivity contribution in [1.29, 1.82) is 0 Å². The van der Waals surface area contributed by atoms with Crippen LogP contribution in [0, 0.1) is 0 Å². The molecule has 1 N–H and O–H groups in total. The first kappa shape index (κ1) is 14.9. The fraction of sp³-hybridized carbons (Fsp3) is 0.357. The van der Waals surface area contributed by atoms with Crippen LogP contribution in [0.15, 0.2) is 22.2 Å². The lowest BCUT2D eigenvalue weighted by atomic mass is 10.1. The number of anilines is 1. The van der Waals surface area contributed by atoms with Gasteiger partial charge in [0.05, 0.1) is 17.9 Å². The summed E-state index contributed by atoms with van der Waals surface area (Å²) in [6, 6.07) is 1.55. The van der Waals surface area contributed by atoms with Crippen molar-refractivity contribution in [3.63, 3.8) is 0 Å². The van der Waals surface area contributed by atoms with Crippen LogP contribution in [-0.2, 0) is 4.79 Å². The normalized spacial score (nSPS) is 19.3. The molecule has 9 nitrogen and oxygen atoms in total. The Hall–Kier alpha value is -2.68. The summed E-state index contributed by atoms with van der Waals surface area (Å²) >= 11 is 5.94. The Morgan fingerprint density at radius 2 is 2.12 bits per heavy atom. The number of carbonyl (C=O) groups is 2. The molecule has 3 aliphatic rings. The van der Waals surface area contributed by atoms with Gasteiger partial charge in [0.1, 0.15) is 17.4 Å². The Morgan fingerprint density at radius 1 is 1.38 bits per heavy atom. The molecule has 0 radical (unpaired) electrons. The van der Waals surface area contributed by atoms with Gasteiger partial charge in [0.2, 0.25) is 0 Å². The average molecular weight is 349 g/mol. The predicted molar refractivity (Wildman–Crippen MR) is 87.3 cm³/mol. The number of carboxylic acid groups (broad SMARTS) is 1. The van der Waals surface area contributed by atoms with Crippen molar-refractivity contribution < 1.29 is 14.7 Å². The fourth-order valence-corrected chi connectivity index (χ4v) is 3.07. The molecule has 3 aliphatic heterocycles. The standard InChI is InChI=1S/C14H13ClN6O3/c1-19(14(23)24)7-4-20(5-7)12-13-18-11(22)6-21(13)9-2-10(15)16-3-8(9)17-12/h2-3,7H,4-6H2,1H3,(H,23,24). The molecule has 1 fully saturated rings. The van der Waals surface area contributed by atoms with Gasteiger partial charge in [-0.05, 0) is 0 Å². The maximum absolute atomic E-state index is 11.8. The van der Waals surface area contributed by atoms with Crippen LogP contribution in [0.1, 0.15) is 0 Å². The van der Waals surface area contributed by atoms with Crippen LogP contribution in [0.5, 0.6) is 0 Å². The van der Waals surface area contributed by atoms with Crippen LogP contribution in [-0.4, -0.2) is 76.3 Å². The third-order valence-electron chi connectivity index (χ3n) is 4.34. The van der Waals surface area contributed by atoms with Gasteiger partial charge in [-0.25, -0.2) is 14.8 Å². The average Bonchev–Trinajstić information content (AvgIpc) is 2.88. The smallest absolute Gasteiger partial charge is 0.407 e. The number of halogens is 1. The maximum Gasteiger partial charge on any atom is 0.407 e. The van der Waals surface area contributed by atoms with Crippen molar-refractivity contribution in [2.75, 3.05) is 31.6 Å². The molecule has 0 unspecified atom stereocenters. The molecule has 24 heavy (non-hydrogen) atoms. The highest BCUT2D eigenvalue weighted by molar-refractivity contribution is 6.50. The largest absolute Gasteiger partial charge is 0.465 e. The van der Waals surface area contributed by atoms with Gasteiger partial charge in [-0.3, -0.25) is 4.79 Å². The summed E-state index contributed by atoms with van der Waals surface area (Å²) in [6.45, 7) is 1.13. The molecule has 10 heteroatoms. The monoisotopic (exact) mass is 348 g/mol. The Morgan fingerprint density at radius 3 is 2.83 bits per heavy atom. The van der Waals surface area contributed by atoms with Crippen molar-refractivity contribution in [2.24, 2.45) is 9.98 Å². The predicted octanol–water partition coefficient (Wildman–Crippen LogP) is 0.818. The molecule has 2 amide bonds. The van der Waals surface area contributed by atoms with E-state index in [0.29, 0.717) is 41.3 Å². The van der Waals surface area contributed by atoms with Crippen LogP contribution < -0.4 is 4.90 Å². The van der Waals surface area contributed by atoms with Gasteiger partial charge in [0.25, 0.3) is 5.91 Å². The minimum Gasteiger partial charge on any atom is -0.465 e.